The lowest BCUT2D eigenvalue weighted by Crippen LogP contribution is -2.01. The van der Waals surface area contributed by atoms with Crippen molar-refractivity contribution in [2.24, 2.45) is 0 Å². The van der Waals surface area contributed by atoms with E-state index >= 15 is 0 Å². The third-order valence-electron chi connectivity index (χ3n) is 3.03. The van der Waals surface area contributed by atoms with Gasteiger partial charge in [0.05, 0.1) is 11.7 Å². The first-order valence-electron chi connectivity index (χ1n) is 5.78. The van der Waals surface area contributed by atoms with E-state index in [1.54, 1.807) is 10.6 Å². The van der Waals surface area contributed by atoms with E-state index in [-0.39, 0.29) is 0 Å². The van der Waals surface area contributed by atoms with Gasteiger partial charge in [0.2, 0.25) is 0 Å². The van der Waals surface area contributed by atoms with Crippen LogP contribution in [0.4, 0.5) is 0 Å². The first kappa shape index (κ1) is 11.2. The van der Waals surface area contributed by atoms with E-state index in [2.05, 4.69) is 29.1 Å². The third-order valence-corrected chi connectivity index (χ3v) is 3.23. The first-order chi connectivity index (χ1) is 8.74. The van der Waals surface area contributed by atoms with Crippen molar-refractivity contribution in [2.75, 3.05) is 0 Å². The molecule has 0 saturated heterocycles. The molecular formula is C14H12ClN3. The molecule has 3 aromatic rings. The molecule has 0 spiro atoms. The van der Waals surface area contributed by atoms with Gasteiger partial charge in [-0.2, -0.15) is 5.10 Å². The van der Waals surface area contributed by atoms with E-state index in [0.29, 0.717) is 5.15 Å². The molecule has 0 N–H and O–H groups in total. The number of rotatable bonds is 2. The van der Waals surface area contributed by atoms with Crippen molar-refractivity contribution < 1.29 is 0 Å². The lowest BCUT2D eigenvalue weighted by Gasteiger charge is -2.04. The average molecular weight is 258 g/mol. The van der Waals surface area contributed by atoms with Gasteiger partial charge in [-0.1, -0.05) is 35.9 Å². The molecule has 2 aromatic heterocycles. The van der Waals surface area contributed by atoms with Gasteiger partial charge in [-0.15, -0.1) is 0 Å². The van der Waals surface area contributed by atoms with Crippen LogP contribution < -0.4 is 0 Å². The molecule has 0 aliphatic heterocycles. The summed E-state index contributed by atoms with van der Waals surface area (Å²) in [5.41, 5.74) is 3.48. The van der Waals surface area contributed by atoms with Crippen molar-refractivity contribution in [3.63, 3.8) is 0 Å². The molecule has 0 aliphatic carbocycles. The number of fused-ring (bicyclic) bond motifs is 1. The fourth-order valence-corrected chi connectivity index (χ4v) is 2.15. The zero-order valence-electron chi connectivity index (χ0n) is 9.97. The van der Waals surface area contributed by atoms with Crippen LogP contribution in [0.2, 0.25) is 5.15 Å². The summed E-state index contributed by atoms with van der Waals surface area (Å²) >= 11 is 5.92. The van der Waals surface area contributed by atoms with Gasteiger partial charge in [0.15, 0.2) is 0 Å². The van der Waals surface area contributed by atoms with Crippen LogP contribution in [0.25, 0.3) is 5.52 Å². The van der Waals surface area contributed by atoms with Crippen molar-refractivity contribution in [2.45, 2.75) is 13.3 Å². The van der Waals surface area contributed by atoms with Gasteiger partial charge in [0, 0.05) is 6.42 Å². The average Bonchev–Trinajstić information content (AvgIpc) is 2.75. The second kappa shape index (κ2) is 4.42. The maximum atomic E-state index is 5.92. The molecule has 0 unspecified atom stereocenters. The molecular weight excluding hydrogens is 246 g/mol. The molecule has 1 aromatic carbocycles. The number of aryl methyl sites for hydroxylation is 1. The Balaban J connectivity index is 2.05. The molecule has 3 nitrogen and oxygen atoms in total. The largest absolute Gasteiger partial charge is 0.239 e. The number of hydrogen-bond acceptors (Lipinski definition) is 2. The molecule has 0 fully saturated rings. The summed E-state index contributed by atoms with van der Waals surface area (Å²) in [6.45, 7) is 2.10. The SMILES string of the molecule is Cc1ccccc1Cc1ncc2ccc(Cl)nn12. The maximum Gasteiger partial charge on any atom is 0.150 e. The fourth-order valence-electron chi connectivity index (χ4n) is 2.01. The smallest absolute Gasteiger partial charge is 0.150 e. The van der Waals surface area contributed by atoms with Gasteiger partial charge in [-0.25, -0.2) is 9.50 Å². The molecule has 2 heterocycles. The molecule has 18 heavy (non-hydrogen) atoms. The molecule has 0 aliphatic rings. The monoisotopic (exact) mass is 257 g/mol. The summed E-state index contributed by atoms with van der Waals surface area (Å²) in [5, 5.41) is 4.76. The Hall–Kier alpha value is -1.87. The Morgan fingerprint density at radius 1 is 1.17 bits per heavy atom. The molecule has 0 radical (unpaired) electrons. The molecule has 0 bridgehead atoms. The van der Waals surface area contributed by atoms with E-state index in [0.717, 1.165) is 17.8 Å². The topological polar surface area (TPSA) is 30.2 Å². The highest BCUT2D eigenvalue weighted by Gasteiger charge is 2.07. The normalized spacial score (nSPS) is 11.0. The van der Waals surface area contributed by atoms with Crippen LogP contribution in [-0.4, -0.2) is 14.6 Å². The first-order valence-corrected chi connectivity index (χ1v) is 6.15. The fraction of sp³-hybridized carbons (Fsp3) is 0.143. The predicted molar refractivity (Wildman–Crippen MR) is 72.0 cm³/mol. The number of nitrogens with zero attached hydrogens (tertiary/aromatic N) is 3. The van der Waals surface area contributed by atoms with Crippen LogP contribution in [0, 0.1) is 6.92 Å². The summed E-state index contributed by atoms with van der Waals surface area (Å²) in [6.07, 6.45) is 2.57. The van der Waals surface area contributed by atoms with Crippen LogP contribution >= 0.6 is 11.6 Å². The maximum absolute atomic E-state index is 5.92. The minimum Gasteiger partial charge on any atom is -0.239 e. The van der Waals surface area contributed by atoms with Crippen molar-refractivity contribution in [1.29, 1.82) is 0 Å². The molecule has 0 atom stereocenters. The van der Waals surface area contributed by atoms with Crippen molar-refractivity contribution in [3.05, 3.63) is 64.7 Å². The van der Waals surface area contributed by atoms with E-state index in [1.807, 2.05) is 24.4 Å². The number of aromatic nitrogens is 3. The van der Waals surface area contributed by atoms with Gasteiger partial charge in [0.1, 0.15) is 11.0 Å². The lowest BCUT2D eigenvalue weighted by atomic mass is 10.1. The van der Waals surface area contributed by atoms with Gasteiger partial charge in [0.25, 0.3) is 0 Å². The summed E-state index contributed by atoms with van der Waals surface area (Å²) in [4.78, 5) is 4.41. The highest BCUT2D eigenvalue weighted by atomic mass is 35.5. The van der Waals surface area contributed by atoms with Crippen LogP contribution in [-0.2, 0) is 6.42 Å². The summed E-state index contributed by atoms with van der Waals surface area (Å²) < 4.78 is 1.80. The molecule has 0 saturated carbocycles. The second-order valence-electron chi connectivity index (χ2n) is 4.27. The van der Waals surface area contributed by atoms with E-state index in [9.17, 15) is 0 Å². The molecule has 4 heteroatoms. The summed E-state index contributed by atoms with van der Waals surface area (Å²) in [6, 6.07) is 12.0. The third kappa shape index (κ3) is 1.97. The van der Waals surface area contributed by atoms with Crippen molar-refractivity contribution in [3.8, 4) is 0 Å². The van der Waals surface area contributed by atoms with Crippen LogP contribution in [0.5, 0.6) is 0 Å². The van der Waals surface area contributed by atoms with Crippen molar-refractivity contribution >= 4 is 17.1 Å². The Morgan fingerprint density at radius 2 is 2.00 bits per heavy atom. The van der Waals surface area contributed by atoms with E-state index in [1.165, 1.54) is 11.1 Å². The Morgan fingerprint density at radius 3 is 2.83 bits per heavy atom. The van der Waals surface area contributed by atoms with Crippen molar-refractivity contribution in [1.82, 2.24) is 14.6 Å². The Kier molecular flexibility index (Phi) is 2.76. The molecule has 90 valence electrons. The van der Waals surface area contributed by atoms with Gasteiger partial charge < -0.3 is 0 Å². The van der Waals surface area contributed by atoms with Crippen LogP contribution in [0.1, 0.15) is 17.0 Å². The highest BCUT2D eigenvalue weighted by molar-refractivity contribution is 6.29. The number of imidazole rings is 1. The minimum absolute atomic E-state index is 0.478. The van der Waals surface area contributed by atoms with E-state index < -0.39 is 0 Å². The lowest BCUT2D eigenvalue weighted by molar-refractivity contribution is 0.840. The van der Waals surface area contributed by atoms with Gasteiger partial charge in [-0.3, -0.25) is 0 Å². The Labute approximate surface area is 110 Å². The molecule has 0 amide bonds. The number of halogens is 1. The minimum atomic E-state index is 0.478. The zero-order valence-corrected chi connectivity index (χ0v) is 10.7. The summed E-state index contributed by atoms with van der Waals surface area (Å²) in [7, 11) is 0. The van der Waals surface area contributed by atoms with Gasteiger partial charge in [-0.05, 0) is 30.2 Å². The summed E-state index contributed by atoms with van der Waals surface area (Å²) in [5.74, 6) is 0.904. The zero-order chi connectivity index (χ0) is 12.5. The number of benzene rings is 1. The Bertz CT molecular complexity index is 703. The van der Waals surface area contributed by atoms with Crippen LogP contribution in [0.15, 0.2) is 42.6 Å². The van der Waals surface area contributed by atoms with Crippen LogP contribution in [0.3, 0.4) is 0 Å². The standard InChI is InChI=1S/C14H12ClN3/c1-10-4-2-3-5-11(10)8-14-16-9-12-6-7-13(15)17-18(12)14/h2-7,9H,8H2,1H3. The highest BCUT2D eigenvalue weighted by Crippen LogP contribution is 2.15. The number of hydrogen-bond donors (Lipinski definition) is 0. The molecule has 3 rings (SSSR count). The second-order valence-corrected chi connectivity index (χ2v) is 4.66. The quantitative estimate of drug-likeness (QED) is 0.705. The van der Waals surface area contributed by atoms with Gasteiger partial charge >= 0.3 is 0 Å². The predicted octanol–water partition coefficient (Wildman–Crippen LogP) is 3.28. The van der Waals surface area contributed by atoms with E-state index in [4.69, 9.17) is 11.6 Å².